The van der Waals surface area contributed by atoms with E-state index in [0.29, 0.717) is 11.7 Å². The van der Waals surface area contributed by atoms with E-state index in [4.69, 9.17) is 0 Å². The van der Waals surface area contributed by atoms with E-state index in [9.17, 15) is 4.79 Å². The van der Waals surface area contributed by atoms with Crippen LogP contribution in [0.5, 0.6) is 0 Å². The molecule has 1 heterocycles. The summed E-state index contributed by atoms with van der Waals surface area (Å²) < 4.78 is 0. The van der Waals surface area contributed by atoms with Crippen molar-refractivity contribution < 1.29 is 4.79 Å². The molecule has 12 heavy (non-hydrogen) atoms. The molecule has 1 rings (SSSR count). The SMILES string of the molecule is CC(=O)C1CCN(CC(C)C)C1. The summed E-state index contributed by atoms with van der Waals surface area (Å²) in [7, 11) is 0. The predicted octanol–water partition coefficient (Wildman–Crippen LogP) is 1.55. The van der Waals surface area contributed by atoms with Crippen LogP contribution in [-0.2, 0) is 4.79 Å². The van der Waals surface area contributed by atoms with E-state index in [1.807, 2.05) is 0 Å². The third-order valence-corrected chi connectivity index (χ3v) is 2.47. The molecule has 1 fully saturated rings. The van der Waals surface area contributed by atoms with Gasteiger partial charge in [0, 0.05) is 19.0 Å². The van der Waals surface area contributed by atoms with E-state index in [-0.39, 0.29) is 0 Å². The van der Waals surface area contributed by atoms with Gasteiger partial charge in [0.2, 0.25) is 0 Å². The Bertz CT molecular complexity index is 165. The van der Waals surface area contributed by atoms with Gasteiger partial charge in [0.05, 0.1) is 0 Å². The van der Waals surface area contributed by atoms with Crippen molar-refractivity contribution in [3.8, 4) is 0 Å². The number of likely N-dealkylation sites (tertiary alicyclic amines) is 1. The predicted molar refractivity (Wildman–Crippen MR) is 50.1 cm³/mol. The number of hydrogen-bond donors (Lipinski definition) is 0. The number of hydrogen-bond acceptors (Lipinski definition) is 2. The Balaban J connectivity index is 2.30. The van der Waals surface area contributed by atoms with Gasteiger partial charge in [-0.15, -0.1) is 0 Å². The fourth-order valence-electron chi connectivity index (χ4n) is 1.85. The first-order valence-corrected chi connectivity index (χ1v) is 4.82. The second kappa shape index (κ2) is 4.04. The van der Waals surface area contributed by atoms with Gasteiger partial charge in [0.25, 0.3) is 0 Å². The number of nitrogens with zero attached hydrogens (tertiary/aromatic N) is 1. The summed E-state index contributed by atoms with van der Waals surface area (Å²) in [6.45, 7) is 9.41. The molecule has 1 saturated heterocycles. The minimum absolute atomic E-state index is 0.323. The molecule has 0 bridgehead atoms. The molecule has 0 radical (unpaired) electrons. The van der Waals surface area contributed by atoms with Crippen LogP contribution in [0.1, 0.15) is 27.2 Å². The van der Waals surface area contributed by atoms with E-state index in [1.165, 1.54) is 0 Å². The number of carbonyl (C=O) groups is 1. The van der Waals surface area contributed by atoms with Gasteiger partial charge in [-0.2, -0.15) is 0 Å². The molecule has 1 atom stereocenters. The molecule has 0 spiro atoms. The lowest BCUT2D eigenvalue weighted by Gasteiger charge is -2.17. The van der Waals surface area contributed by atoms with Gasteiger partial charge in [-0.05, 0) is 25.8 Å². The summed E-state index contributed by atoms with van der Waals surface area (Å²) in [6.07, 6.45) is 1.07. The highest BCUT2D eigenvalue weighted by atomic mass is 16.1. The highest BCUT2D eigenvalue weighted by Gasteiger charge is 2.25. The van der Waals surface area contributed by atoms with Crippen LogP contribution in [-0.4, -0.2) is 30.3 Å². The van der Waals surface area contributed by atoms with Gasteiger partial charge in [0.1, 0.15) is 5.78 Å². The molecule has 70 valence electrons. The maximum atomic E-state index is 11.1. The molecule has 0 aromatic rings. The van der Waals surface area contributed by atoms with Crippen molar-refractivity contribution in [2.75, 3.05) is 19.6 Å². The summed E-state index contributed by atoms with van der Waals surface area (Å²) in [6, 6.07) is 0. The van der Waals surface area contributed by atoms with Gasteiger partial charge in [0.15, 0.2) is 0 Å². The molecule has 0 aromatic heterocycles. The van der Waals surface area contributed by atoms with Crippen LogP contribution in [0.4, 0.5) is 0 Å². The Morgan fingerprint density at radius 3 is 2.67 bits per heavy atom. The van der Waals surface area contributed by atoms with Crippen LogP contribution in [0.3, 0.4) is 0 Å². The van der Waals surface area contributed by atoms with Gasteiger partial charge >= 0.3 is 0 Å². The Morgan fingerprint density at radius 1 is 1.58 bits per heavy atom. The lowest BCUT2D eigenvalue weighted by molar-refractivity contribution is -0.120. The van der Waals surface area contributed by atoms with Crippen molar-refractivity contribution >= 4 is 5.78 Å². The molecule has 0 N–H and O–H groups in total. The average molecular weight is 169 g/mol. The zero-order valence-electron chi connectivity index (χ0n) is 8.34. The number of Topliss-reactive ketones (excluding diaryl/α,β-unsaturated/α-hetero) is 1. The summed E-state index contributed by atoms with van der Waals surface area (Å²) in [4.78, 5) is 13.5. The standard InChI is InChI=1S/C10H19NO/c1-8(2)6-11-5-4-10(7-11)9(3)12/h8,10H,4-7H2,1-3H3. The van der Waals surface area contributed by atoms with E-state index in [0.717, 1.165) is 32.0 Å². The molecular weight excluding hydrogens is 150 g/mol. The molecule has 0 amide bonds. The van der Waals surface area contributed by atoms with Crippen molar-refractivity contribution in [3.63, 3.8) is 0 Å². The molecule has 2 heteroatoms. The molecular formula is C10H19NO. The first-order chi connectivity index (χ1) is 5.59. The lowest BCUT2D eigenvalue weighted by atomic mass is 10.1. The Kier molecular flexibility index (Phi) is 3.27. The molecule has 0 saturated carbocycles. The largest absolute Gasteiger partial charge is 0.302 e. The monoisotopic (exact) mass is 169 g/mol. The smallest absolute Gasteiger partial charge is 0.134 e. The van der Waals surface area contributed by atoms with Gasteiger partial charge < -0.3 is 4.90 Å². The first-order valence-electron chi connectivity index (χ1n) is 4.82. The van der Waals surface area contributed by atoms with Gasteiger partial charge in [-0.25, -0.2) is 0 Å². The summed E-state index contributed by atoms with van der Waals surface area (Å²) in [5.74, 6) is 1.40. The molecule has 2 nitrogen and oxygen atoms in total. The average Bonchev–Trinajstić information content (AvgIpc) is 2.34. The van der Waals surface area contributed by atoms with Crippen LogP contribution in [0.25, 0.3) is 0 Å². The number of carbonyl (C=O) groups excluding carboxylic acids is 1. The summed E-state index contributed by atoms with van der Waals surface area (Å²) in [5.41, 5.74) is 0. The topological polar surface area (TPSA) is 20.3 Å². The van der Waals surface area contributed by atoms with Crippen molar-refractivity contribution in [2.24, 2.45) is 11.8 Å². The summed E-state index contributed by atoms with van der Waals surface area (Å²) >= 11 is 0. The quantitative estimate of drug-likeness (QED) is 0.639. The van der Waals surface area contributed by atoms with Crippen LogP contribution < -0.4 is 0 Å². The van der Waals surface area contributed by atoms with E-state index in [1.54, 1.807) is 6.92 Å². The molecule has 1 unspecified atom stereocenters. The van der Waals surface area contributed by atoms with E-state index >= 15 is 0 Å². The van der Waals surface area contributed by atoms with Gasteiger partial charge in [-0.3, -0.25) is 4.79 Å². The van der Waals surface area contributed by atoms with Crippen molar-refractivity contribution in [3.05, 3.63) is 0 Å². The van der Waals surface area contributed by atoms with Crippen LogP contribution in [0.15, 0.2) is 0 Å². The van der Waals surface area contributed by atoms with E-state index in [2.05, 4.69) is 18.7 Å². The third kappa shape index (κ3) is 2.59. The molecule has 1 aliphatic rings. The summed E-state index contributed by atoms with van der Waals surface area (Å²) in [5, 5.41) is 0. The number of ketones is 1. The minimum atomic E-state index is 0.323. The maximum absolute atomic E-state index is 11.1. The van der Waals surface area contributed by atoms with Crippen molar-refractivity contribution in [2.45, 2.75) is 27.2 Å². The Morgan fingerprint density at radius 2 is 2.25 bits per heavy atom. The van der Waals surface area contributed by atoms with Gasteiger partial charge in [-0.1, -0.05) is 13.8 Å². The second-order valence-electron chi connectivity index (χ2n) is 4.25. The van der Waals surface area contributed by atoms with Crippen LogP contribution in [0.2, 0.25) is 0 Å². The highest BCUT2D eigenvalue weighted by molar-refractivity contribution is 5.78. The Hall–Kier alpha value is -0.370. The molecule has 0 aromatic carbocycles. The normalized spacial score (nSPS) is 25.2. The maximum Gasteiger partial charge on any atom is 0.134 e. The second-order valence-corrected chi connectivity index (χ2v) is 4.25. The van der Waals surface area contributed by atoms with Crippen LogP contribution in [0, 0.1) is 11.8 Å². The zero-order chi connectivity index (χ0) is 9.14. The first kappa shape index (κ1) is 9.72. The fraction of sp³-hybridized carbons (Fsp3) is 0.900. The molecule has 0 aliphatic carbocycles. The molecule has 1 aliphatic heterocycles. The highest BCUT2D eigenvalue weighted by Crippen LogP contribution is 2.17. The lowest BCUT2D eigenvalue weighted by Crippen LogP contribution is -2.26. The fourth-order valence-corrected chi connectivity index (χ4v) is 1.85. The zero-order valence-corrected chi connectivity index (χ0v) is 8.34. The third-order valence-electron chi connectivity index (χ3n) is 2.47. The van der Waals surface area contributed by atoms with Crippen molar-refractivity contribution in [1.82, 2.24) is 4.90 Å². The van der Waals surface area contributed by atoms with E-state index < -0.39 is 0 Å². The minimum Gasteiger partial charge on any atom is -0.302 e. The van der Waals surface area contributed by atoms with Crippen LogP contribution >= 0.6 is 0 Å². The Labute approximate surface area is 74.9 Å². The van der Waals surface area contributed by atoms with Crippen molar-refractivity contribution in [1.29, 1.82) is 0 Å². The number of rotatable bonds is 3.